The number of carbonyl (C=O) groups excluding carboxylic acids is 2. The fourth-order valence-corrected chi connectivity index (χ4v) is 3.53. The van der Waals surface area contributed by atoms with Gasteiger partial charge in [0.25, 0.3) is 0 Å². The fraction of sp³-hybridized carbons (Fsp3) is 0.875. The van der Waals surface area contributed by atoms with Crippen LogP contribution in [0.2, 0.25) is 0 Å². The number of hydrogen-bond acceptors (Lipinski definition) is 3. The molecular weight excluding hydrogens is 268 g/mol. The summed E-state index contributed by atoms with van der Waals surface area (Å²) in [5, 5.41) is 12.9. The van der Waals surface area contributed by atoms with Crippen LogP contribution in [-0.2, 0) is 9.59 Å². The number of likely N-dealkylation sites (tertiary alicyclic amines) is 1. The predicted octanol–water partition coefficient (Wildman–Crippen LogP) is 1.30. The molecule has 0 aromatic heterocycles. The van der Waals surface area contributed by atoms with E-state index in [1.165, 1.54) is 0 Å². The van der Waals surface area contributed by atoms with Crippen molar-refractivity contribution in [3.05, 3.63) is 0 Å². The van der Waals surface area contributed by atoms with Crippen molar-refractivity contribution in [1.29, 1.82) is 0 Å². The third-order valence-electron chi connectivity index (χ3n) is 4.75. The second-order valence-corrected chi connectivity index (χ2v) is 6.74. The van der Waals surface area contributed by atoms with Gasteiger partial charge in [0.05, 0.1) is 6.10 Å². The van der Waals surface area contributed by atoms with E-state index in [9.17, 15) is 14.7 Å². The molecule has 120 valence electrons. The molecule has 21 heavy (non-hydrogen) atoms. The first-order chi connectivity index (χ1) is 10.0. The number of nitrogens with one attached hydrogen (secondary N) is 1. The van der Waals surface area contributed by atoms with E-state index in [1.54, 1.807) is 4.90 Å². The second kappa shape index (κ2) is 7.25. The average Bonchev–Trinajstić information content (AvgIpc) is 2.84. The lowest BCUT2D eigenvalue weighted by Crippen LogP contribution is -2.51. The molecule has 2 aliphatic rings. The number of aliphatic hydroxyl groups is 1. The minimum absolute atomic E-state index is 0.0713. The molecule has 0 spiro atoms. The molecule has 2 N–H and O–H groups in total. The third kappa shape index (κ3) is 3.96. The summed E-state index contributed by atoms with van der Waals surface area (Å²) in [6.07, 6.45) is 5.09. The van der Waals surface area contributed by atoms with Crippen LogP contribution in [0.5, 0.6) is 0 Å². The Morgan fingerprint density at radius 1 is 1.33 bits per heavy atom. The zero-order valence-electron chi connectivity index (χ0n) is 13.2. The number of nitrogens with zero attached hydrogens (tertiary/aromatic N) is 1. The molecule has 0 aromatic carbocycles. The zero-order valence-corrected chi connectivity index (χ0v) is 13.2. The molecule has 1 saturated heterocycles. The largest absolute Gasteiger partial charge is 0.393 e. The van der Waals surface area contributed by atoms with Crippen molar-refractivity contribution in [2.45, 2.75) is 64.5 Å². The topological polar surface area (TPSA) is 69.6 Å². The first-order valence-corrected chi connectivity index (χ1v) is 8.26. The summed E-state index contributed by atoms with van der Waals surface area (Å²) in [6, 6.07) is -0.374. The van der Waals surface area contributed by atoms with Crippen molar-refractivity contribution in [2.24, 2.45) is 11.8 Å². The van der Waals surface area contributed by atoms with Crippen molar-refractivity contribution in [1.82, 2.24) is 10.2 Å². The van der Waals surface area contributed by atoms with E-state index in [4.69, 9.17) is 0 Å². The Morgan fingerprint density at radius 3 is 2.62 bits per heavy atom. The molecule has 2 fully saturated rings. The predicted molar refractivity (Wildman–Crippen MR) is 80.5 cm³/mol. The monoisotopic (exact) mass is 296 g/mol. The van der Waals surface area contributed by atoms with Gasteiger partial charge in [0.1, 0.15) is 6.04 Å². The molecule has 5 heteroatoms. The van der Waals surface area contributed by atoms with Gasteiger partial charge in [-0.25, -0.2) is 0 Å². The fourth-order valence-electron chi connectivity index (χ4n) is 3.53. The number of rotatable bonds is 5. The molecule has 1 aliphatic heterocycles. The molecule has 3 atom stereocenters. The van der Waals surface area contributed by atoms with Crippen LogP contribution in [-0.4, -0.2) is 47.1 Å². The summed E-state index contributed by atoms with van der Waals surface area (Å²) in [5.74, 6) is 0.271. The lowest BCUT2D eigenvalue weighted by atomic mass is 9.86. The maximum absolute atomic E-state index is 12.5. The van der Waals surface area contributed by atoms with Gasteiger partial charge in [-0.2, -0.15) is 0 Å². The second-order valence-electron chi connectivity index (χ2n) is 6.74. The number of hydrogen-bond donors (Lipinski definition) is 2. The Hall–Kier alpha value is -1.10. The molecule has 2 amide bonds. The molecule has 1 heterocycles. The maximum Gasteiger partial charge on any atom is 0.243 e. The van der Waals surface area contributed by atoms with Crippen molar-refractivity contribution < 1.29 is 14.7 Å². The summed E-state index contributed by atoms with van der Waals surface area (Å²) in [4.78, 5) is 26.1. The maximum atomic E-state index is 12.5. The van der Waals surface area contributed by atoms with E-state index in [1.807, 2.05) is 13.8 Å². The van der Waals surface area contributed by atoms with Crippen molar-refractivity contribution in [3.63, 3.8) is 0 Å². The van der Waals surface area contributed by atoms with Gasteiger partial charge in [-0.1, -0.05) is 26.7 Å². The van der Waals surface area contributed by atoms with Crippen molar-refractivity contribution in [2.75, 3.05) is 13.1 Å². The Balaban J connectivity index is 1.91. The molecule has 0 unspecified atom stereocenters. The molecule has 0 radical (unpaired) electrons. The molecule has 2 rings (SSSR count). The average molecular weight is 296 g/mol. The van der Waals surface area contributed by atoms with Crippen LogP contribution in [0.1, 0.15) is 52.4 Å². The smallest absolute Gasteiger partial charge is 0.243 e. The first-order valence-electron chi connectivity index (χ1n) is 8.26. The summed E-state index contributed by atoms with van der Waals surface area (Å²) >= 11 is 0. The Bertz CT molecular complexity index is 384. The van der Waals surface area contributed by atoms with Gasteiger partial charge in [0.2, 0.25) is 11.8 Å². The van der Waals surface area contributed by atoms with Gasteiger partial charge in [-0.3, -0.25) is 9.59 Å². The van der Waals surface area contributed by atoms with Crippen LogP contribution >= 0.6 is 0 Å². The van der Waals surface area contributed by atoms with Crippen LogP contribution in [0.4, 0.5) is 0 Å². The molecule has 0 bridgehead atoms. The Kier molecular flexibility index (Phi) is 5.62. The van der Waals surface area contributed by atoms with Gasteiger partial charge < -0.3 is 15.3 Å². The zero-order chi connectivity index (χ0) is 15.4. The van der Waals surface area contributed by atoms with E-state index in [0.29, 0.717) is 19.5 Å². The van der Waals surface area contributed by atoms with Crippen LogP contribution in [0, 0.1) is 11.8 Å². The molecule has 1 aliphatic carbocycles. The highest BCUT2D eigenvalue weighted by Gasteiger charge is 2.35. The highest BCUT2D eigenvalue weighted by Crippen LogP contribution is 2.24. The van der Waals surface area contributed by atoms with Gasteiger partial charge in [-0.15, -0.1) is 0 Å². The van der Waals surface area contributed by atoms with E-state index in [2.05, 4.69) is 5.32 Å². The molecular formula is C16H28N2O3. The number of amides is 2. The van der Waals surface area contributed by atoms with Crippen molar-refractivity contribution in [3.8, 4) is 0 Å². The summed E-state index contributed by atoms with van der Waals surface area (Å²) in [6.45, 7) is 5.16. The van der Waals surface area contributed by atoms with Crippen LogP contribution in [0.15, 0.2) is 0 Å². The van der Waals surface area contributed by atoms with Crippen LogP contribution < -0.4 is 5.32 Å². The normalized spacial score (nSPS) is 28.0. The highest BCUT2D eigenvalue weighted by molar-refractivity contribution is 5.88. The minimum atomic E-state index is -0.374. The molecule has 1 saturated carbocycles. The third-order valence-corrected chi connectivity index (χ3v) is 4.75. The quantitative estimate of drug-likeness (QED) is 0.803. The van der Waals surface area contributed by atoms with E-state index in [0.717, 1.165) is 32.1 Å². The lowest BCUT2D eigenvalue weighted by molar-refractivity contribution is -0.139. The van der Waals surface area contributed by atoms with E-state index < -0.39 is 0 Å². The Labute approximate surface area is 127 Å². The highest BCUT2D eigenvalue weighted by atomic mass is 16.3. The first kappa shape index (κ1) is 16.3. The standard InChI is InChI=1S/C16H28N2O3/c1-11(2)15(18-9-5-8-14(18)20)16(21)17-10-12-6-3-4-7-13(12)19/h11-13,15,19H,3-10H2,1-2H3,(H,17,21)/t12-,13+,15-/m1/s1. The number of carbonyl (C=O) groups is 2. The summed E-state index contributed by atoms with van der Waals surface area (Å²) in [5.41, 5.74) is 0. The lowest BCUT2D eigenvalue weighted by Gasteiger charge is -2.32. The molecule has 5 nitrogen and oxygen atoms in total. The van der Waals surface area contributed by atoms with Crippen LogP contribution in [0.3, 0.4) is 0 Å². The van der Waals surface area contributed by atoms with Gasteiger partial charge in [0.15, 0.2) is 0 Å². The van der Waals surface area contributed by atoms with Gasteiger partial charge >= 0.3 is 0 Å². The van der Waals surface area contributed by atoms with Gasteiger partial charge in [0, 0.05) is 25.4 Å². The SMILES string of the molecule is CC(C)[C@H](C(=O)NC[C@H]1CCCC[C@@H]1O)N1CCCC1=O. The van der Waals surface area contributed by atoms with Crippen molar-refractivity contribution >= 4 is 11.8 Å². The van der Waals surface area contributed by atoms with Gasteiger partial charge in [-0.05, 0) is 25.2 Å². The van der Waals surface area contributed by atoms with E-state index in [-0.39, 0.29) is 35.8 Å². The summed E-state index contributed by atoms with van der Waals surface area (Å²) < 4.78 is 0. The summed E-state index contributed by atoms with van der Waals surface area (Å²) in [7, 11) is 0. The minimum Gasteiger partial charge on any atom is -0.393 e. The number of aliphatic hydroxyl groups excluding tert-OH is 1. The van der Waals surface area contributed by atoms with Crippen LogP contribution in [0.25, 0.3) is 0 Å². The van der Waals surface area contributed by atoms with E-state index >= 15 is 0 Å². The molecule has 0 aromatic rings. The Morgan fingerprint density at radius 2 is 2.05 bits per heavy atom.